The van der Waals surface area contributed by atoms with Gasteiger partial charge in [-0.3, -0.25) is 20.2 Å². The fourth-order valence-corrected chi connectivity index (χ4v) is 4.65. The number of hydrogen-bond donors (Lipinski definition) is 0. The van der Waals surface area contributed by atoms with E-state index in [1.165, 1.54) is 28.6 Å². The standard InChI is InChI=1S/C18H19N3O7S/c1-13-5-7-15(20(22)23)18(11-13)28-17-8-6-14(12-16(17)21(24)25)29(26,27)19-9-3-2-4-10-19/h5-8,11-12H,2-4,9-10H2,1H3. The average molecular weight is 421 g/mol. The summed E-state index contributed by atoms with van der Waals surface area (Å²) in [7, 11) is -3.87. The first-order valence-electron chi connectivity index (χ1n) is 8.91. The Morgan fingerprint density at radius 3 is 2.17 bits per heavy atom. The highest BCUT2D eigenvalue weighted by Crippen LogP contribution is 2.38. The van der Waals surface area contributed by atoms with Gasteiger partial charge in [-0.05, 0) is 43.5 Å². The van der Waals surface area contributed by atoms with Gasteiger partial charge in [-0.15, -0.1) is 0 Å². The number of nitro benzene ring substituents is 2. The lowest BCUT2D eigenvalue weighted by Gasteiger charge is -2.25. The molecule has 10 nitrogen and oxygen atoms in total. The van der Waals surface area contributed by atoms with Gasteiger partial charge in [0.15, 0.2) is 0 Å². The molecule has 0 saturated carbocycles. The molecule has 0 bridgehead atoms. The second kappa shape index (κ2) is 8.13. The highest BCUT2D eigenvalue weighted by molar-refractivity contribution is 7.89. The van der Waals surface area contributed by atoms with E-state index in [1.807, 2.05) is 0 Å². The summed E-state index contributed by atoms with van der Waals surface area (Å²) in [5.41, 5.74) is -0.272. The zero-order valence-corrected chi connectivity index (χ0v) is 16.4. The van der Waals surface area contributed by atoms with Crippen LogP contribution in [0.2, 0.25) is 0 Å². The van der Waals surface area contributed by atoms with Crippen molar-refractivity contribution in [2.24, 2.45) is 0 Å². The van der Waals surface area contributed by atoms with Crippen molar-refractivity contribution in [3.63, 3.8) is 0 Å². The largest absolute Gasteiger partial charge is 0.443 e. The lowest BCUT2D eigenvalue weighted by Crippen LogP contribution is -2.35. The SMILES string of the molecule is Cc1ccc([N+](=O)[O-])c(Oc2ccc(S(=O)(=O)N3CCCCC3)cc2[N+](=O)[O-])c1. The molecular formula is C18H19N3O7S. The van der Waals surface area contributed by atoms with Crippen LogP contribution in [0.1, 0.15) is 24.8 Å². The monoisotopic (exact) mass is 421 g/mol. The van der Waals surface area contributed by atoms with Crippen LogP contribution in [0.4, 0.5) is 11.4 Å². The Kier molecular flexibility index (Phi) is 5.80. The van der Waals surface area contributed by atoms with Gasteiger partial charge in [0.05, 0.1) is 14.7 Å². The van der Waals surface area contributed by atoms with Crippen molar-refractivity contribution in [3.8, 4) is 11.5 Å². The molecule has 1 aliphatic rings. The normalized spacial score (nSPS) is 15.1. The molecule has 0 radical (unpaired) electrons. The summed E-state index contributed by atoms with van der Waals surface area (Å²) in [6.07, 6.45) is 2.41. The second-order valence-corrected chi connectivity index (χ2v) is 8.62. The second-order valence-electron chi connectivity index (χ2n) is 6.68. The van der Waals surface area contributed by atoms with Crippen LogP contribution in [0.3, 0.4) is 0 Å². The molecule has 1 saturated heterocycles. The maximum Gasteiger partial charge on any atom is 0.312 e. The Morgan fingerprint density at radius 2 is 1.55 bits per heavy atom. The van der Waals surface area contributed by atoms with E-state index in [2.05, 4.69) is 0 Å². The van der Waals surface area contributed by atoms with Crippen LogP contribution in [0.5, 0.6) is 11.5 Å². The number of sulfonamides is 1. The van der Waals surface area contributed by atoms with E-state index < -0.39 is 25.6 Å². The van der Waals surface area contributed by atoms with Crippen molar-refractivity contribution < 1.29 is 23.0 Å². The molecule has 2 aromatic rings. The van der Waals surface area contributed by atoms with Crippen molar-refractivity contribution in [3.05, 3.63) is 62.2 Å². The summed E-state index contributed by atoms with van der Waals surface area (Å²) in [6.45, 7) is 2.42. The molecule has 0 aromatic heterocycles. The first-order chi connectivity index (χ1) is 13.7. The van der Waals surface area contributed by atoms with E-state index in [9.17, 15) is 28.6 Å². The van der Waals surface area contributed by atoms with Crippen LogP contribution >= 0.6 is 0 Å². The first-order valence-corrected chi connectivity index (χ1v) is 10.4. The first kappa shape index (κ1) is 20.7. The molecular weight excluding hydrogens is 402 g/mol. The molecule has 2 aromatic carbocycles. The average Bonchev–Trinajstić information content (AvgIpc) is 2.68. The third kappa shape index (κ3) is 4.35. The third-order valence-corrected chi connectivity index (χ3v) is 6.51. The van der Waals surface area contributed by atoms with Crippen LogP contribution in [0.25, 0.3) is 0 Å². The van der Waals surface area contributed by atoms with Gasteiger partial charge in [0.1, 0.15) is 0 Å². The van der Waals surface area contributed by atoms with Gasteiger partial charge in [0.2, 0.25) is 21.5 Å². The van der Waals surface area contributed by atoms with Gasteiger partial charge in [-0.2, -0.15) is 4.31 Å². The molecule has 11 heteroatoms. The van der Waals surface area contributed by atoms with E-state index in [0.717, 1.165) is 31.4 Å². The summed E-state index contributed by atoms with van der Waals surface area (Å²) in [6, 6.07) is 7.45. The van der Waals surface area contributed by atoms with Crippen LogP contribution in [-0.4, -0.2) is 35.7 Å². The smallest absolute Gasteiger partial charge is 0.312 e. The molecule has 154 valence electrons. The van der Waals surface area contributed by atoms with E-state index >= 15 is 0 Å². The lowest BCUT2D eigenvalue weighted by molar-refractivity contribution is -0.387. The highest BCUT2D eigenvalue weighted by Gasteiger charge is 2.29. The molecule has 1 fully saturated rings. The predicted molar refractivity (Wildman–Crippen MR) is 104 cm³/mol. The molecule has 3 rings (SSSR count). The van der Waals surface area contributed by atoms with E-state index in [4.69, 9.17) is 4.74 Å². The van der Waals surface area contributed by atoms with Crippen LogP contribution in [0, 0.1) is 27.2 Å². The number of aryl methyl sites for hydroxylation is 1. The third-order valence-electron chi connectivity index (χ3n) is 4.61. The van der Waals surface area contributed by atoms with E-state index in [-0.39, 0.29) is 22.1 Å². The fraction of sp³-hybridized carbons (Fsp3) is 0.333. The molecule has 29 heavy (non-hydrogen) atoms. The number of nitro groups is 2. The van der Waals surface area contributed by atoms with Crippen LogP contribution in [-0.2, 0) is 10.0 Å². The lowest BCUT2D eigenvalue weighted by atomic mass is 10.2. The molecule has 0 amide bonds. The molecule has 0 unspecified atom stereocenters. The molecule has 0 aliphatic carbocycles. The maximum atomic E-state index is 12.8. The van der Waals surface area contributed by atoms with E-state index in [0.29, 0.717) is 18.7 Å². The Hall–Kier alpha value is -3.05. The van der Waals surface area contributed by atoms with Crippen molar-refractivity contribution in [1.82, 2.24) is 4.31 Å². The Morgan fingerprint density at radius 1 is 0.897 bits per heavy atom. The van der Waals surface area contributed by atoms with Gasteiger partial charge in [-0.25, -0.2) is 8.42 Å². The van der Waals surface area contributed by atoms with Gasteiger partial charge in [0.25, 0.3) is 0 Å². The van der Waals surface area contributed by atoms with Crippen molar-refractivity contribution >= 4 is 21.4 Å². The Bertz CT molecular complexity index is 1060. The maximum absolute atomic E-state index is 12.8. The summed E-state index contributed by atoms with van der Waals surface area (Å²) in [5.74, 6) is -0.439. The van der Waals surface area contributed by atoms with Crippen LogP contribution in [0.15, 0.2) is 41.3 Å². The molecule has 0 atom stereocenters. The molecule has 0 spiro atoms. The quantitative estimate of drug-likeness (QED) is 0.512. The summed E-state index contributed by atoms with van der Waals surface area (Å²) in [5, 5.41) is 22.7. The number of hydrogen-bond acceptors (Lipinski definition) is 7. The summed E-state index contributed by atoms with van der Waals surface area (Å²) < 4.78 is 32.4. The van der Waals surface area contributed by atoms with Gasteiger partial charge >= 0.3 is 11.4 Å². The Balaban J connectivity index is 2.01. The number of nitrogens with zero attached hydrogens (tertiary/aromatic N) is 3. The van der Waals surface area contributed by atoms with Crippen molar-refractivity contribution in [2.75, 3.05) is 13.1 Å². The van der Waals surface area contributed by atoms with E-state index in [1.54, 1.807) is 6.92 Å². The zero-order chi connectivity index (χ0) is 21.2. The number of piperidine rings is 1. The number of ether oxygens (including phenoxy) is 1. The topological polar surface area (TPSA) is 133 Å². The van der Waals surface area contributed by atoms with Crippen molar-refractivity contribution in [2.45, 2.75) is 31.1 Å². The minimum atomic E-state index is -3.87. The van der Waals surface area contributed by atoms with Crippen LogP contribution < -0.4 is 4.74 Å². The Labute approximate surface area is 167 Å². The molecule has 1 heterocycles. The minimum absolute atomic E-state index is 0.162. The van der Waals surface area contributed by atoms with Crippen molar-refractivity contribution in [1.29, 1.82) is 0 Å². The molecule has 0 N–H and O–H groups in total. The van der Waals surface area contributed by atoms with Gasteiger partial charge in [-0.1, -0.05) is 12.5 Å². The minimum Gasteiger partial charge on any atom is -0.443 e. The number of rotatable bonds is 6. The fourth-order valence-electron chi connectivity index (χ4n) is 3.11. The predicted octanol–water partition coefficient (Wildman–Crippen LogP) is 3.78. The van der Waals surface area contributed by atoms with Gasteiger partial charge < -0.3 is 4.74 Å². The summed E-state index contributed by atoms with van der Waals surface area (Å²) >= 11 is 0. The zero-order valence-electron chi connectivity index (χ0n) is 15.6. The molecule has 1 aliphatic heterocycles. The highest BCUT2D eigenvalue weighted by atomic mass is 32.2. The number of benzene rings is 2. The summed E-state index contributed by atoms with van der Waals surface area (Å²) in [4.78, 5) is 21.1. The van der Waals surface area contributed by atoms with Gasteiger partial charge in [0, 0.05) is 25.2 Å².